The number of hydrogen-bond acceptors (Lipinski definition) is 1. The lowest BCUT2D eigenvalue weighted by molar-refractivity contribution is 0.487. The predicted octanol–water partition coefficient (Wildman–Crippen LogP) is 3.28. The number of unbranched alkanes of at least 4 members (excludes halogenated alkanes) is 2. The van der Waals surface area contributed by atoms with Crippen LogP contribution >= 0.6 is 12.2 Å². The molecule has 1 N–H and O–H groups in total. The molecule has 12 heavy (non-hydrogen) atoms. The van der Waals surface area contributed by atoms with Crippen LogP contribution in [0.2, 0.25) is 0 Å². The van der Waals surface area contributed by atoms with Gasteiger partial charge in [-0.05, 0) is 12.8 Å². The van der Waals surface area contributed by atoms with Gasteiger partial charge in [0.05, 0.1) is 5.49 Å². The van der Waals surface area contributed by atoms with Crippen LogP contribution in [0.25, 0.3) is 0 Å². The van der Waals surface area contributed by atoms with Gasteiger partial charge in [0.1, 0.15) is 0 Å². The molecule has 0 rings (SSSR count). The molecule has 0 aliphatic heterocycles. The van der Waals surface area contributed by atoms with E-state index in [-0.39, 0.29) is 0 Å². The van der Waals surface area contributed by atoms with Gasteiger partial charge in [0.15, 0.2) is 0 Å². The third-order valence-electron chi connectivity index (χ3n) is 2.12. The molecule has 0 unspecified atom stereocenters. The standard InChI is InChI=1S/C10H21NS/c1-3-5-7-10(11-9-12)8-6-4-2/h9-10H,3-8H2,1-2H3,(H,11,12). The zero-order valence-corrected chi connectivity index (χ0v) is 9.12. The minimum atomic E-state index is 0.627. The summed E-state index contributed by atoms with van der Waals surface area (Å²) in [5, 5.41) is 3.24. The molecule has 0 aromatic carbocycles. The lowest BCUT2D eigenvalue weighted by Gasteiger charge is -2.15. The quantitative estimate of drug-likeness (QED) is 0.585. The summed E-state index contributed by atoms with van der Waals surface area (Å²) in [6.45, 7) is 4.46. The highest BCUT2D eigenvalue weighted by Crippen LogP contribution is 2.07. The van der Waals surface area contributed by atoms with Gasteiger partial charge in [0.25, 0.3) is 0 Å². The van der Waals surface area contributed by atoms with Crippen molar-refractivity contribution in [2.45, 2.75) is 58.4 Å². The van der Waals surface area contributed by atoms with Gasteiger partial charge in [-0.3, -0.25) is 0 Å². The maximum absolute atomic E-state index is 4.79. The lowest BCUT2D eigenvalue weighted by atomic mass is 10.0. The van der Waals surface area contributed by atoms with Crippen LogP contribution < -0.4 is 5.32 Å². The summed E-state index contributed by atoms with van der Waals surface area (Å²) in [6, 6.07) is 0.627. The van der Waals surface area contributed by atoms with Crippen molar-refractivity contribution in [3.8, 4) is 0 Å². The zero-order chi connectivity index (χ0) is 9.23. The molecule has 0 spiro atoms. The Bertz CT molecular complexity index is 96.0. The largest absolute Gasteiger partial charge is 0.379 e. The van der Waals surface area contributed by atoms with Gasteiger partial charge in [0.2, 0.25) is 0 Å². The molecule has 0 radical (unpaired) electrons. The normalized spacial score (nSPS) is 10.2. The molecule has 0 saturated heterocycles. The van der Waals surface area contributed by atoms with E-state index in [9.17, 15) is 0 Å². The van der Waals surface area contributed by atoms with E-state index in [1.54, 1.807) is 5.49 Å². The second-order valence-corrected chi connectivity index (χ2v) is 3.50. The van der Waals surface area contributed by atoms with Crippen molar-refractivity contribution in [2.75, 3.05) is 0 Å². The van der Waals surface area contributed by atoms with Crippen LogP contribution in [-0.2, 0) is 0 Å². The van der Waals surface area contributed by atoms with Gasteiger partial charge in [-0.15, -0.1) is 0 Å². The monoisotopic (exact) mass is 187 g/mol. The van der Waals surface area contributed by atoms with E-state index in [0.717, 1.165) is 0 Å². The molecule has 2 heteroatoms. The lowest BCUT2D eigenvalue weighted by Crippen LogP contribution is -2.26. The summed E-state index contributed by atoms with van der Waals surface area (Å²) in [6.07, 6.45) is 7.71. The van der Waals surface area contributed by atoms with Crippen molar-refractivity contribution in [3.05, 3.63) is 0 Å². The maximum atomic E-state index is 4.79. The molecule has 0 aromatic heterocycles. The fourth-order valence-corrected chi connectivity index (χ4v) is 1.50. The van der Waals surface area contributed by atoms with Crippen LogP contribution in [0.3, 0.4) is 0 Å². The Morgan fingerprint density at radius 2 is 1.67 bits per heavy atom. The average molecular weight is 187 g/mol. The summed E-state index contributed by atoms with van der Waals surface area (Å²) >= 11 is 4.79. The first-order valence-electron chi connectivity index (χ1n) is 5.04. The van der Waals surface area contributed by atoms with E-state index in [0.29, 0.717) is 6.04 Å². The smallest absolute Gasteiger partial charge is 0.0617 e. The first kappa shape index (κ1) is 11.9. The molecular formula is C10H21NS. The molecule has 0 fully saturated rings. The molecule has 72 valence electrons. The van der Waals surface area contributed by atoms with E-state index in [4.69, 9.17) is 12.2 Å². The first-order valence-corrected chi connectivity index (χ1v) is 5.52. The van der Waals surface area contributed by atoms with Crippen LogP contribution in [0.4, 0.5) is 0 Å². The van der Waals surface area contributed by atoms with E-state index in [1.807, 2.05) is 0 Å². The Labute approximate surface area is 81.9 Å². The van der Waals surface area contributed by atoms with E-state index < -0.39 is 0 Å². The molecule has 0 saturated carbocycles. The van der Waals surface area contributed by atoms with Gasteiger partial charge < -0.3 is 5.32 Å². The van der Waals surface area contributed by atoms with Gasteiger partial charge in [0, 0.05) is 6.04 Å². The topological polar surface area (TPSA) is 12.0 Å². The van der Waals surface area contributed by atoms with Crippen molar-refractivity contribution in [1.29, 1.82) is 0 Å². The van der Waals surface area contributed by atoms with E-state index in [1.165, 1.54) is 38.5 Å². The predicted molar refractivity (Wildman–Crippen MR) is 59.6 cm³/mol. The number of nitrogens with one attached hydrogen (secondary N) is 1. The summed E-state index contributed by atoms with van der Waals surface area (Å²) in [4.78, 5) is 0. The minimum Gasteiger partial charge on any atom is -0.379 e. The Morgan fingerprint density at radius 1 is 1.17 bits per heavy atom. The molecular weight excluding hydrogens is 166 g/mol. The van der Waals surface area contributed by atoms with Crippen molar-refractivity contribution in [1.82, 2.24) is 5.32 Å². The summed E-state index contributed by atoms with van der Waals surface area (Å²) in [5.74, 6) is 0. The fourth-order valence-electron chi connectivity index (χ4n) is 1.31. The van der Waals surface area contributed by atoms with Crippen molar-refractivity contribution >= 4 is 17.7 Å². The second-order valence-electron chi connectivity index (χ2n) is 3.27. The first-order chi connectivity index (χ1) is 5.85. The van der Waals surface area contributed by atoms with Crippen LogP contribution in [0.15, 0.2) is 0 Å². The highest BCUT2D eigenvalue weighted by Gasteiger charge is 2.03. The SMILES string of the molecule is CCCCC(CCCC)NC=S. The summed E-state index contributed by atoms with van der Waals surface area (Å²) < 4.78 is 0. The molecule has 0 aliphatic rings. The Hall–Kier alpha value is -0.110. The second kappa shape index (κ2) is 8.98. The van der Waals surface area contributed by atoms with Crippen LogP contribution in [0, 0.1) is 0 Å². The number of thiocarbonyl (C=S) groups is 1. The Balaban J connectivity index is 3.46. The maximum Gasteiger partial charge on any atom is 0.0617 e. The van der Waals surface area contributed by atoms with E-state index in [2.05, 4.69) is 19.2 Å². The molecule has 0 aromatic rings. The fraction of sp³-hybridized carbons (Fsp3) is 0.900. The molecule has 0 amide bonds. The Morgan fingerprint density at radius 3 is 2.00 bits per heavy atom. The third-order valence-corrected chi connectivity index (χ3v) is 2.25. The number of rotatable bonds is 8. The highest BCUT2D eigenvalue weighted by molar-refractivity contribution is 7.78. The molecule has 1 nitrogen and oxygen atoms in total. The third kappa shape index (κ3) is 6.59. The minimum absolute atomic E-state index is 0.627. The number of hydrogen-bond donors (Lipinski definition) is 1. The van der Waals surface area contributed by atoms with Crippen molar-refractivity contribution < 1.29 is 0 Å². The van der Waals surface area contributed by atoms with E-state index >= 15 is 0 Å². The Kier molecular flexibility index (Phi) is 8.90. The van der Waals surface area contributed by atoms with Crippen molar-refractivity contribution in [3.63, 3.8) is 0 Å². The van der Waals surface area contributed by atoms with Gasteiger partial charge in [-0.25, -0.2) is 0 Å². The summed E-state index contributed by atoms with van der Waals surface area (Å²) in [5.41, 5.74) is 1.66. The van der Waals surface area contributed by atoms with Gasteiger partial charge in [-0.1, -0.05) is 51.7 Å². The molecule has 0 atom stereocenters. The van der Waals surface area contributed by atoms with Crippen LogP contribution in [-0.4, -0.2) is 11.5 Å². The van der Waals surface area contributed by atoms with Crippen LogP contribution in [0.1, 0.15) is 52.4 Å². The summed E-state index contributed by atoms with van der Waals surface area (Å²) in [7, 11) is 0. The van der Waals surface area contributed by atoms with Gasteiger partial charge in [-0.2, -0.15) is 0 Å². The van der Waals surface area contributed by atoms with Crippen LogP contribution in [0.5, 0.6) is 0 Å². The molecule has 0 aliphatic carbocycles. The zero-order valence-electron chi connectivity index (χ0n) is 8.31. The van der Waals surface area contributed by atoms with Crippen molar-refractivity contribution in [2.24, 2.45) is 0 Å². The molecule has 0 bridgehead atoms. The highest BCUT2D eigenvalue weighted by atomic mass is 32.1. The molecule has 0 heterocycles. The average Bonchev–Trinajstić information content (AvgIpc) is 2.10. The van der Waals surface area contributed by atoms with Gasteiger partial charge >= 0.3 is 0 Å².